The second kappa shape index (κ2) is 6.25. The van der Waals surface area contributed by atoms with E-state index < -0.39 is 4.92 Å². The van der Waals surface area contributed by atoms with Crippen LogP contribution in [0, 0.1) is 22.9 Å². The Balaban J connectivity index is 2.05. The van der Waals surface area contributed by atoms with Crippen LogP contribution in [0.2, 0.25) is 0 Å². The maximum absolute atomic E-state index is 13.4. The molecule has 0 N–H and O–H groups in total. The molecule has 0 saturated carbocycles. The molecular weight excluding hydrogens is 261 g/mol. The third-order valence-electron chi connectivity index (χ3n) is 2.91. The fraction of sp³-hybridized carbons (Fsp3) is 0.200. The Bertz CT molecular complexity index is 628. The number of nitro benzene ring substituents is 1. The van der Waals surface area contributed by atoms with Crippen molar-refractivity contribution in [3.05, 3.63) is 75.1 Å². The molecule has 0 heterocycles. The van der Waals surface area contributed by atoms with E-state index in [2.05, 4.69) is 0 Å². The van der Waals surface area contributed by atoms with Gasteiger partial charge in [-0.1, -0.05) is 24.3 Å². The lowest BCUT2D eigenvalue weighted by molar-refractivity contribution is -0.386. The first-order valence-electron chi connectivity index (χ1n) is 6.13. The Hall–Kier alpha value is -2.27. The third-order valence-corrected chi connectivity index (χ3v) is 2.91. The number of ether oxygens (including phenoxy) is 1. The van der Waals surface area contributed by atoms with E-state index in [4.69, 9.17) is 4.74 Å². The molecule has 0 unspecified atom stereocenters. The SMILES string of the molecule is Cc1ccc(COCc2ccccc2F)c([N+](=O)[O-])c1. The Labute approximate surface area is 116 Å². The highest BCUT2D eigenvalue weighted by atomic mass is 19.1. The second-order valence-corrected chi connectivity index (χ2v) is 4.47. The molecule has 0 bridgehead atoms. The van der Waals surface area contributed by atoms with Crippen LogP contribution in [-0.2, 0) is 18.0 Å². The molecule has 0 aliphatic heterocycles. The standard InChI is InChI=1S/C15H14FNO3/c1-11-6-7-13(15(8-11)17(18)19)10-20-9-12-4-2-3-5-14(12)16/h2-8H,9-10H2,1H3. The van der Waals surface area contributed by atoms with Crippen molar-refractivity contribution in [2.24, 2.45) is 0 Å². The molecule has 104 valence electrons. The van der Waals surface area contributed by atoms with Gasteiger partial charge >= 0.3 is 0 Å². The third kappa shape index (κ3) is 3.39. The first kappa shape index (κ1) is 14.1. The van der Waals surface area contributed by atoms with Crippen LogP contribution >= 0.6 is 0 Å². The van der Waals surface area contributed by atoms with Gasteiger partial charge in [-0.3, -0.25) is 10.1 Å². The van der Waals surface area contributed by atoms with Gasteiger partial charge in [0.25, 0.3) is 5.69 Å². The molecule has 4 nitrogen and oxygen atoms in total. The van der Waals surface area contributed by atoms with Gasteiger partial charge in [-0.25, -0.2) is 4.39 Å². The average Bonchev–Trinajstić information content (AvgIpc) is 2.42. The highest BCUT2D eigenvalue weighted by Crippen LogP contribution is 2.21. The van der Waals surface area contributed by atoms with Gasteiger partial charge in [-0.15, -0.1) is 0 Å². The fourth-order valence-electron chi connectivity index (χ4n) is 1.85. The molecule has 2 aromatic rings. The summed E-state index contributed by atoms with van der Waals surface area (Å²) in [5.41, 5.74) is 1.76. The van der Waals surface area contributed by atoms with E-state index in [-0.39, 0.29) is 24.7 Å². The van der Waals surface area contributed by atoms with Gasteiger partial charge in [0.15, 0.2) is 0 Å². The van der Waals surface area contributed by atoms with Gasteiger partial charge in [0.2, 0.25) is 0 Å². The molecule has 2 rings (SSSR count). The van der Waals surface area contributed by atoms with E-state index >= 15 is 0 Å². The molecule has 0 spiro atoms. The number of hydrogen-bond donors (Lipinski definition) is 0. The predicted molar refractivity (Wildman–Crippen MR) is 72.7 cm³/mol. The number of halogens is 1. The maximum atomic E-state index is 13.4. The number of rotatable bonds is 5. The second-order valence-electron chi connectivity index (χ2n) is 4.47. The van der Waals surface area contributed by atoms with Crippen LogP contribution in [0.1, 0.15) is 16.7 Å². The molecule has 0 fully saturated rings. The average molecular weight is 275 g/mol. The van der Waals surface area contributed by atoms with Crippen molar-refractivity contribution >= 4 is 5.69 Å². The van der Waals surface area contributed by atoms with Gasteiger partial charge < -0.3 is 4.74 Å². The van der Waals surface area contributed by atoms with Crippen molar-refractivity contribution in [3.63, 3.8) is 0 Å². The van der Waals surface area contributed by atoms with E-state index in [0.717, 1.165) is 5.56 Å². The van der Waals surface area contributed by atoms with Gasteiger partial charge in [-0.2, -0.15) is 0 Å². The summed E-state index contributed by atoms with van der Waals surface area (Å²) >= 11 is 0. The number of aryl methyl sites for hydroxylation is 1. The number of hydrogen-bond acceptors (Lipinski definition) is 3. The quantitative estimate of drug-likeness (QED) is 0.616. The smallest absolute Gasteiger partial charge is 0.275 e. The monoisotopic (exact) mass is 275 g/mol. The molecular formula is C15H14FNO3. The summed E-state index contributed by atoms with van der Waals surface area (Å²) in [6.45, 7) is 1.94. The Morgan fingerprint density at radius 3 is 2.55 bits per heavy atom. The van der Waals surface area contributed by atoms with Crippen molar-refractivity contribution in [3.8, 4) is 0 Å². The van der Waals surface area contributed by atoms with E-state index in [9.17, 15) is 14.5 Å². The summed E-state index contributed by atoms with van der Waals surface area (Å²) in [5, 5.41) is 11.0. The minimum atomic E-state index is -0.436. The van der Waals surface area contributed by atoms with Crippen molar-refractivity contribution < 1.29 is 14.1 Å². The van der Waals surface area contributed by atoms with Crippen LogP contribution in [0.3, 0.4) is 0 Å². The van der Waals surface area contributed by atoms with Crippen molar-refractivity contribution in [2.45, 2.75) is 20.1 Å². The summed E-state index contributed by atoms with van der Waals surface area (Å²) in [5.74, 6) is -0.342. The fourth-order valence-corrected chi connectivity index (χ4v) is 1.85. The van der Waals surface area contributed by atoms with E-state index in [1.165, 1.54) is 12.1 Å². The van der Waals surface area contributed by atoms with Gasteiger partial charge in [0, 0.05) is 11.6 Å². The van der Waals surface area contributed by atoms with Crippen LogP contribution in [0.5, 0.6) is 0 Å². The molecule has 20 heavy (non-hydrogen) atoms. The largest absolute Gasteiger partial charge is 0.372 e. The molecule has 0 saturated heterocycles. The van der Waals surface area contributed by atoms with Crippen molar-refractivity contribution in [1.29, 1.82) is 0 Å². The highest BCUT2D eigenvalue weighted by Gasteiger charge is 2.13. The molecule has 5 heteroatoms. The number of nitrogens with zero attached hydrogens (tertiary/aromatic N) is 1. The Morgan fingerprint density at radius 1 is 1.15 bits per heavy atom. The predicted octanol–water partition coefficient (Wildman–Crippen LogP) is 3.76. The first-order chi connectivity index (χ1) is 9.58. The van der Waals surface area contributed by atoms with Gasteiger partial charge in [-0.05, 0) is 24.6 Å². The van der Waals surface area contributed by atoms with E-state index in [1.54, 1.807) is 37.3 Å². The Morgan fingerprint density at radius 2 is 1.85 bits per heavy atom. The van der Waals surface area contributed by atoms with E-state index in [1.807, 2.05) is 0 Å². The zero-order valence-corrected chi connectivity index (χ0v) is 11.0. The van der Waals surface area contributed by atoms with Gasteiger partial charge in [0.1, 0.15) is 5.82 Å². The van der Waals surface area contributed by atoms with Crippen LogP contribution in [0.25, 0.3) is 0 Å². The number of benzene rings is 2. The topological polar surface area (TPSA) is 52.4 Å². The Kier molecular flexibility index (Phi) is 4.42. The lowest BCUT2D eigenvalue weighted by atomic mass is 10.1. The molecule has 0 aliphatic carbocycles. The lowest BCUT2D eigenvalue weighted by Crippen LogP contribution is -2.00. The summed E-state index contributed by atoms with van der Waals surface area (Å²) in [7, 11) is 0. The maximum Gasteiger partial charge on any atom is 0.275 e. The minimum absolute atomic E-state index is 0.0264. The molecule has 0 radical (unpaired) electrons. The molecule has 0 atom stereocenters. The van der Waals surface area contributed by atoms with Crippen LogP contribution in [0.15, 0.2) is 42.5 Å². The van der Waals surface area contributed by atoms with Crippen molar-refractivity contribution in [2.75, 3.05) is 0 Å². The highest BCUT2D eigenvalue weighted by molar-refractivity contribution is 5.42. The van der Waals surface area contributed by atoms with Gasteiger partial charge in [0.05, 0.1) is 23.7 Å². The van der Waals surface area contributed by atoms with Crippen LogP contribution in [-0.4, -0.2) is 4.92 Å². The summed E-state index contributed by atoms with van der Waals surface area (Å²) in [6.07, 6.45) is 0. The van der Waals surface area contributed by atoms with E-state index in [0.29, 0.717) is 11.1 Å². The summed E-state index contributed by atoms with van der Waals surface area (Å²) < 4.78 is 18.8. The normalized spacial score (nSPS) is 10.5. The molecule has 0 aliphatic rings. The summed E-state index contributed by atoms with van der Waals surface area (Å²) in [4.78, 5) is 10.5. The number of nitro groups is 1. The molecule has 2 aromatic carbocycles. The minimum Gasteiger partial charge on any atom is -0.372 e. The zero-order valence-electron chi connectivity index (χ0n) is 11.0. The zero-order chi connectivity index (χ0) is 14.5. The molecule has 0 aromatic heterocycles. The van der Waals surface area contributed by atoms with Crippen LogP contribution < -0.4 is 0 Å². The molecule has 0 amide bonds. The van der Waals surface area contributed by atoms with Crippen LogP contribution in [0.4, 0.5) is 10.1 Å². The lowest BCUT2D eigenvalue weighted by Gasteiger charge is -2.07. The van der Waals surface area contributed by atoms with Crippen molar-refractivity contribution in [1.82, 2.24) is 0 Å². The first-order valence-corrected chi connectivity index (χ1v) is 6.13. The summed E-state index contributed by atoms with van der Waals surface area (Å²) in [6, 6.07) is 11.2.